The van der Waals surface area contributed by atoms with Crippen LogP contribution in [0.3, 0.4) is 0 Å². The van der Waals surface area contributed by atoms with Crippen LogP contribution in [0.2, 0.25) is 0 Å². The molecule has 0 atom stereocenters. The molecular formula is C24H19FN2O3S2. The van der Waals surface area contributed by atoms with Crippen molar-refractivity contribution >= 4 is 33.3 Å². The van der Waals surface area contributed by atoms with Gasteiger partial charge in [0.1, 0.15) is 16.4 Å². The molecule has 0 unspecified atom stereocenters. The average molecular weight is 467 g/mol. The lowest BCUT2D eigenvalue weighted by Crippen LogP contribution is -2.22. The van der Waals surface area contributed by atoms with Crippen LogP contribution < -0.4 is 10.3 Å². The summed E-state index contributed by atoms with van der Waals surface area (Å²) in [5.74, 6) is 0.712. The molecule has 5 rings (SSSR count). The summed E-state index contributed by atoms with van der Waals surface area (Å²) in [6.07, 6.45) is 1.68. The highest BCUT2D eigenvalue weighted by atomic mass is 32.2. The summed E-state index contributed by atoms with van der Waals surface area (Å²) in [5, 5.41) is 3.14. The van der Waals surface area contributed by atoms with E-state index in [4.69, 9.17) is 14.5 Å². The molecule has 0 amide bonds. The highest BCUT2D eigenvalue weighted by Crippen LogP contribution is 2.35. The summed E-state index contributed by atoms with van der Waals surface area (Å²) in [7, 11) is 0. The first-order chi connectivity index (χ1) is 15.7. The molecule has 1 aliphatic rings. The summed E-state index contributed by atoms with van der Waals surface area (Å²) in [6.45, 7) is 4.58. The second kappa shape index (κ2) is 8.90. The largest absolute Gasteiger partial charge is 0.467 e. The Bertz CT molecular complexity index is 1370. The maximum absolute atomic E-state index is 14.1. The van der Waals surface area contributed by atoms with Crippen molar-refractivity contribution < 1.29 is 13.9 Å². The molecule has 2 aromatic carbocycles. The standard InChI is InChI=1S/C24H19FN2O3S2/c1-2-8-27-23(28)20-19(15-6-4-3-5-7-15)13-31-22(20)26-24(27)32-12-17-10-18(25)9-16-11-29-14-30-21(16)17/h2-7,9-10,13H,1,8,11-12,14H2. The molecule has 0 fully saturated rings. The van der Waals surface area contributed by atoms with Gasteiger partial charge in [0.15, 0.2) is 11.9 Å². The number of benzene rings is 2. The van der Waals surface area contributed by atoms with Crippen LogP contribution in [0.4, 0.5) is 4.39 Å². The van der Waals surface area contributed by atoms with E-state index in [9.17, 15) is 9.18 Å². The number of hydrogen-bond acceptors (Lipinski definition) is 6. The van der Waals surface area contributed by atoms with Crippen molar-refractivity contribution in [1.82, 2.24) is 9.55 Å². The molecule has 4 aromatic rings. The maximum atomic E-state index is 14.1. The van der Waals surface area contributed by atoms with Crippen LogP contribution in [0.15, 0.2) is 70.5 Å². The smallest absolute Gasteiger partial charge is 0.263 e. The Morgan fingerprint density at radius 3 is 2.94 bits per heavy atom. The Morgan fingerprint density at radius 1 is 1.28 bits per heavy atom. The van der Waals surface area contributed by atoms with Gasteiger partial charge >= 0.3 is 0 Å². The van der Waals surface area contributed by atoms with E-state index in [0.29, 0.717) is 51.2 Å². The van der Waals surface area contributed by atoms with Gasteiger partial charge in [0.05, 0.1) is 12.0 Å². The zero-order valence-electron chi connectivity index (χ0n) is 17.0. The number of thiophene rings is 1. The van der Waals surface area contributed by atoms with Crippen LogP contribution in [0.1, 0.15) is 11.1 Å². The summed E-state index contributed by atoms with van der Waals surface area (Å²) in [6, 6.07) is 12.7. The number of nitrogens with zero attached hydrogens (tertiary/aromatic N) is 2. The first-order valence-corrected chi connectivity index (χ1v) is 11.8. The molecule has 1 aliphatic heterocycles. The van der Waals surface area contributed by atoms with Crippen molar-refractivity contribution in [3.63, 3.8) is 0 Å². The number of halogens is 1. The summed E-state index contributed by atoms with van der Waals surface area (Å²) >= 11 is 2.83. The molecule has 162 valence electrons. The van der Waals surface area contributed by atoms with Gasteiger partial charge in [0.2, 0.25) is 0 Å². The second-order valence-corrected chi connectivity index (χ2v) is 9.05. The molecule has 32 heavy (non-hydrogen) atoms. The highest BCUT2D eigenvalue weighted by molar-refractivity contribution is 7.98. The summed E-state index contributed by atoms with van der Waals surface area (Å²) < 4.78 is 26.6. The summed E-state index contributed by atoms with van der Waals surface area (Å²) in [4.78, 5) is 18.9. The van der Waals surface area contributed by atoms with Gasteiger partial charge in [-0.1, -0.05) is 48.2 Å². The number of thioether (sulfide) groups is 1. The number of aromatic nitrogens is 2. The Morgan fingerprint density at radius 2 is 2.12 bits per heavy atom. The van der Waals surface area contributed by atoms with E-state index in [-0.39, 0.29) is 18.2 Å². The molecule has 0 N–H and O–H groups in total. The molecule has 0 bridgehead atoms. The molecule has 3 heterocycles. The minimum Gasteiger partial charge on any atom is -0.467 e. The zero-order valence-corrected chi connectivity index (χ0v) is 18.7. The van der Waals surface area contributed by atoms with Crippen LogP contribution >= 0.6 is 23.1 Å². The van der Waals surface area contributed by atoms with Crippen LogP contribution in [0, 0.1) is 5.82 Å². The van der Waals surface area contributed by atoms with Crippen molar-refractivity contribution in [3.05, 3.63) is 87.8 Å². The van der Waals surface area contributed by atoms with Gasteiger partial charge in [-0.3, -0.25) is 9.36 Å². The van der Waals surface area contributed by atoms with Gasteiger partial charge in [0, 0.05) is 34.4 Å². The molecule has 8 heteroatoms. The topological polar surface area (TPSA) is 53.4 Å². The second-order valence-electron chi connectivity index (χ2n) is 7.25. The molecule has 5 nitrogen and oxygen atoms in total. The van der Waals surface area contributed by atoms with Crippen molar-refractivity contribution in [2.24, 2.45) is 0 Å². The fraction of sp³-hybridized carbons (Fsp3) is 0.167. The molecule has 0 saturated heterocycles. The van der Waals surface area contributed by atoms with Crippen LogP contribution in [0.25, 0.3) is 21.3 Å². The van der Waals surface area contributed by atoms with E-state index < -0.39 is 0 Å². The summed E-state index contributed by atoms with van der Waals surface area (Å²) in [5.41, 5.74) is 3.15. The lowest BCUT2D eigenvalue weighted by Gasteiger charge is -2.21. The van der Waals surface area contributed by atoms with E-state index in [1.165, 1.54) is 35.2 Å². The van der Waals surface area contributed by atoms with Gasteiger partial charge in [-0.2, -0.15) is 0 Å². The lowest BCUT2D eigenvalue weighted by molar-refractivity contribution is -0.0171. The Kier molecular flexibility index (Phi) is 5.82. The zero-order chi connectivity index (χ0) is 22.1. The number of fused-ring (bicyclic) bond motifs is 2. The van der Waals surface area contributed by atoms with E-state index >= 15 is 0 Å². The Labute approximate surface area is 192 Å². The van der Waals surface area contributed by atoms with Gasteiger partial charge in [0.25, 0.3) is 5.56 Å². The quantitative estimate of drug-likeness (QED) is 0.210. The van der Waals surface area contributed by atoms with E-state index in [2.05, 4.69) is 6.58 Å². The number of ether oxygens (including phenoxy) is 2. The highest BCUT2D eigenvalue weighted by Gasteiger charge is 2.20. The predicted molar refractivity (Wildman–Crippen MR) is 126 cm³/mol. The van der Waals surface area contributed by atoms with Crippen LogP contribution in [-0.2, 0) is 23.6 Å². The number of rotatable bonds is 6. The minimum absolute atomic E-state index is 0.108. The Hall–Kier alpha value is -2.94. The maximum Gasteiger partial charge on any atom is 0.263 e. The lowest BCUT2D eigenvalue weighted by atomic mass is 10.1. The molecule has 2 aromatic heterocycles. The van der Waals surface area contributed by atoms with Gasteiger partial charge in [-0.25, -0.2) is 9.37 Å². The fourth-order valence-electron chi connectivity index (χ4n) is 3.74. The minimum atomic E-state index is -0.342. The molecule has 0 radical (unpaired) electrons. The van der Waals surface area contributed by atoms with Crippen molar-refractivity contribution in [3.8, 4) is 16.9 Å². The third-order valence-electron chi connectivity index (χ3n) is 5.16. The first-order valence-electron chi connectivity index (χ1n) is 9.98. The normalized spacial score (nSPS) is 13.0. The third kappa shape index (κ3) is 3.85. The number of allylic oxidation sites excluding steroid dienone is 1. The number of hydrogen-bond donors (Lipinski definition) is 0. The first kappa shape index (κ1) is 20.9. The van der Waals surface area contributed by atoms with E-state index in [1.807, 2.05) is 35.7 Å². The SMILES string of the molecule is C=CCn1c(SCc2cc(F)cc3c2OCOC3)nc2scc(-c3ccccc3)c2c1=O. The van der Waals surface area contributed by atoms with E-state index in [1.54, 1.807) is 10.6 Å². The third-order valence-corrected chi connectivity index (χ3v) is 7.06. The van der Waals surface area contributed by atoms with Crippen molar-refractivity contribution in [2.45, 2.75) is 24.1 Å². The van der Waals surface area contributed by atoms with Crippen LogP contribution in [0.5, 0.6) is 5.75 Å². The fourth-order valence-corrected chi connectivity index (χ4v) is 5.71. The van der Waals surface area contributed by atoms with Gasteiger partial charge < -0.3 is 9.47 Å². The van der Waals surface area contributed by atoms with Crippen molar-refractivity contribution in [2.75, 3.05) is 6.79 Å². The van der Waals surface area contributed by atoms with Gasteiger partial charge in [-0.15, -0.1) is 17.9 Å². The predicted octanol–water partition coefficient (Wildman–Crippen LogP) is 5.61. The Balaban J connectivity index is 1.55. The average Bonchev–Trinajstić information content (AvgIpc) is 3.24. The molecular weight excluding hydrogens is 447 g/mol. The molecule has 0 saturated carbocycles. The van der Waals surface area contributed by atoms with Crippen LogP contribution in [-0.4, -0.2) is 16.3 Å². The van der Waals surface area contributed by atoms with E-state index in [0.717, 1.165) is 11.1 Å². The molecule has 0 aliphatic carbocycles. The monoisotopic (exact) mass is 466 g/mol. The van der Waals surface area contributed by atoms with Gasteiger partial charge in [-0.05, 0) is 17.7 Å². The van der Waals surface area contributed by atoms with Crippen molar-refractivity contribution in [1.29, 1.82) is 0 Å². The molecule has 0 spiro atoms.